The zero-order chi connectivity index (χ0) is 18.2. The van der Waals surface area contributed by atoms with Crippen LogP contribution in [0.25, 0.3) is 0 Å². The van der Waals surface area contributed by atoms with Crippen LogP contribution in [0.4, 0.5) is 0 Å². The molecule has 0 aliphatic carbocycles. The smallest absolute Gasteiger partial charge is 0.303 e. The number of rotatable bonds is 8. The fourth-order valence-electron chi connectivity index (χ4n) is 0.552. The monoisotopic (exact) mass is 332 g/mol. The average Bonchev–Trinajstić information content (AvgIpc) is 2.52. The van der Waals surface area contributed by atoms with Gasteiger partial charge in [0, 0.05) is 12.8 Å². The number of hydrogen-bond acceptors (Lipinski definition) is 8. The molecule has 136 valence electrons. The Bertz CT molecular complexity index is 179. The van der Waals surface area contributed by atoms with Gasteiger partial charge in [0.1, 0.15) is 0 Å². The number of carboxylic acids is 2. The van der Waals surface area contributed by atoms with Gasteiger partial charge in [0.15, 0.2) is 0 Å². The molecule has 0 bridgehead atoms. The molecule has 0 saturated carbocycles. The third-order valence-corrected chi connectivity index (χ3v) is 1.33. The zero-order valence-electron chi connectivity index (χ0n) is 12.5. The van der Waals surface area contributed by atoms with Crippen LogP contribution in [0.5, 0.6) is 0 Å². The molecule has 10 heteroatoms. The first-order valence-electron chi connectivity index (χ1n) is 6.46. The van der Waals surface area contributed by atoms with E-state index in [4.69, 9.17) is 40.9 Å². The molecule has 0 aromatic rings. The van der Waals surface area contributed by atoms with Gasteiger partial charge < -0.3 is 40.9 Å². The fraction of sp³-hybridized carbons (Fsp3) is 0.833. The normalized spacial score (nSPS) is 8.27. The summed E-state index contributed by atoms with van der Waals surface area (Å²) >= 11 is 0. The van der Waals surface area contributed by atoms with Crippen LogP contribution in [0.1, 0.15) is 25.7 Å². The van der Waals surface area contributed by atoms with Gasteiger partial charge in [-0.3, -0.25) is 9.59 Å². The molecule has 0 aliphatic heterocycles. The van der Waals surface area contributed by atoms with Crippen LogP contribution in [-0.2, 0) is 9.59 Å². The van der Waals surface area contributed by atoms with Crippen LogP contribution in [0.3, 0.4) is 0 Å². The van der Waals surface area contributed by atoms with Gasteiger partial charge in [0.2, 0.25) is 0 Å². The Labute approximate surface area is 128 Å². The minimum atomic E-state index is -0.870. The van der Waals surface area contributed by atoms with Crippen molar-refractivity contribution in [2.75, 3.05) is 39.6 Å². The number of aliphatic hydroxyl groups is 6. The van der Waals surface area contributed by atoms with Crippen LogP contribution in [0.15, 0.2) is 0 Å². The molecule has 0 saturated heterocycles. The van der Waals surface area contributed by atoms with Gasteiger partial charge in [-0.25, -0.2) is 0 Å². The average molecular weight is 332 g/mol. The summed E-state index contributed by atoms with van der Waals surface area (Å²) in [6.07, 6.45) is 1.02. The van der Waals surface area contributed by atoms with E-state index in [1.807, 2.05) is 0 Å². The first-order valence-corrected chi connectivity index (χ1v) is 6.46. The highest BCUT2D eigenvalue weighted by atomic mass is 16.4. The fourth-order valence-corrected chi connectivity index (χ4v) is 0.552. The molecular formula is C12H28O10. The van der Waals surface area contributed by atoms with Crippen molar-refractivity contribution >= 4 is 11.9 Å². The number of aliphatic carboxylic acids is 2. The summed E-state index contributed by atoms with van der Waals surface area (Å²) in [6, 6.07) is 0. The van der Waals surface area contributed by atoms with Gasteiger partial charge in [-0.15, -0.1) is 0 Å². The van der Waals surface area contributed by atoms with Crippen LogP contribution in [-0.4, -0.2) is 92.4 Å². The molecule has 0 rings (SSSR count). The van der Waals surface area contributed by atoms with E-state index in [2.05, 4.69) is 0 Å². The van der Waals surface area contributed by atoms with E-state index in [0.29, 0.717) is 12.8 Å². The summed E-state index contributed by atoms with van der Waals surface area (Å²) in [5.74, 6) is -1.74. The lowest BCUT2D eigenvalue weighted by Gasteiger charge is -1.92. The van der Waals surface area contributed by atoms with Gasteiger partial charge in [-0.1, -0.05) is 0 Å². The van der Waals surface area contributed by atoms with E-state index in [9.17, 15) is 9.59 Å². The Morgan fingerprint density at radius 2 is 0.682 bits per heavy atom. The molecule has 0 aliphatic rings. The van der Waals surface area contributed by atoms with Gasteiger partial charge in [0.05, 0.1) is 39.6 Å². The van der Waals surface area contributed by atoms with Gasteiger partial charge in [0.25, 0.3) is 0 Å². The maximum atomic E-state index is 9.90. The van der Waals surface area contributed by atoms with Gasteiger partial charge in [-0.2, -0.15) is 0 Å². The summed E-state index contributed by atoms with van der Waals surface area (Å²) < 4.78 is 0. The Balaban J connectivity index is -0.000000112. The SMILES string of the molecule is O=C(O)CCCCC(=O)O.OCCO.OCCO.OCCO. The van der Waals surface area contributed by atoms with Crippen LogP contribution in [0, 0.1) is 0 Å². The molecular weight excluding hydrogens is 304 g/mol. The molecule has 0 aromatic carbocycles. The lowest BCUT2D eigenvalue weighted by molar-refractivity contribution is -0.139. The van der Waals surface area contributed by atoms with Crippen molar-refractivity contribution in [2.45, 2.75) is 25.7 Å². The van der Waals surface area contributed by atoms with Gasteiger partial charge >= 0.3 is 11.9 Å². The number of carboxylic acid groups (broad SMARTS) is 2. The van der Waals surface area contributed by atoms with Crippen molar-refractivity contribution in [3.8, 4) is 0 Å². The Morgan fingerprint density at radius 1 is 0.500 bits per heavy atom. The molecule has 0 atom stereocenters. The van der Waals surface area contributed by atoms with E-state index in [-0.39, 0.29) is 52.5 Å². The third-order valence-electron chi connectivity index (χ3n) is 1.33. The van der Waals surface area contributed by atoms with Crippen molar-refractivity contribution in [3.05, 3.63) is 0 Å². The molecule has 10 nitrogen and oxygen atoms in total. The summed E-state index contributed by atoms with van der Waals surface area (Å²) in [5.41, 5.74) is 0. The second-order valence-corrected chi connectivity index (χ2v) is 3.34. The maximum Gasteiger partial charge on any atom is 0.303 e. The Hall–Kier alpha value is -1.30. The van der Waals surface area contributed by atoms with Crippen molar-refractivity contribution in [1.29, 1.82) is 0 Å². The van der Waals surface area contributed by atoms with Crippen molar-refractivity contribution < 1.29 is 50.4 Å². The molecule has 22 heavy (non-hydrogen) atoms. The van der Waals surface area contributed by atoms with Crippen LogP contribution >= 0.6 is 0 Å². The van der Waals surface area contributed by atoms with Gasteiger partial charge in [-0.05, 0) is 12.8 Å². The molecule has 0 amide bonds. The number of carbonyl (C=O) groups is 2. The predicted octanol–water partition coefficient (Wildman–Crippen LogP) is -2.37. The van der Waals surface area contributed by atoms with Crippen molar-refractivity contribution in [1.82, 2.24) is 0 Å². The highest BCUT2D eigenvalue weighted by Gasteiger charge is 1.99. The minimum absolute atomic E-state index is 0.0628. The number of unbranched alkanes of at least 4 members (excludes halogenated alkanes) is 1. The van der Waals surface area contributed by atoms with E-state index >= 15 is 0 Å². The summed E-state index contributed by atoms with van der Waals surface area (Å²) in [6.45, 7) is -0.750. The summed E-state index contributed by atoms with van der Waals surface area (Å²) in [4.78, 5) is 19.8. The first-order chi connectivity index (χ1) is 10.4. The Morgan fingerprint density at radius 3 is 0.773 bits per heavy atom. The van der Waals surface area contributed by atoms with Crippen molar-refractivity contribution in [3.63, 3.8) is 0 Å². The second-order valence-electron chi connectivity index (χ2n) is 3.34. The van der Waals surface area contributed by atoms with E-state index in [0.717, 1.165) is 0 Å². The standard InChI is InChI=1S/C6H10O4.3C2H6O2/c7-5(8)3-1-2-4-6(9)10;3*3-1-2-4/h1-4H2,(H,7,8)(H,9,10);3*3-4H,1-2H2. The summed E-state index contributed by atoms with van der Waals surface area (Å²) in [5, 5.41) is 62.0. The van der Waals surface area contributed by atoms with E-state index in [1.54, 1.807) is 0 Å². The first kappa shape index (κ1) is 28.8. The number of aliphatic hydroxyl groups excluding tert-OH is 6. The molecule has 0 heterocycles. The predicted molar refractivity (Wildman–Crippen MR) is 76.3 cm³/mol. The van der Waals surface area contributed by atoms with E-state index in [1.165, 1.54) is 0 Å². The van der Waals surface area contributed by atoms with E-state index < -0.39 is 11.9 Å². The highest BCUT2D eigenvalue weighted by molar-refractivity contribution is 5.67. The molecule has 0 fully saturated rings. The molecule has 0 spiro atoms. The lowest BCUT2D eigenvalue weighted by atomic mass is 10.2. The summed E-state index contributed by atoms with van der Waals surface area (Å²) in [7, 11) is 0. The number of hydrogen-bond donors (Lipinski definition) is 8. The molecule has 0 aromatic heterocycles. The molecule has 0 unspecified atom stereocenters. The second kappa shape index (κ2) is 31.9. The topological polar surface area (TPSA) is 196 Å². The highest BCUT2D eigenvalue weighted by Crippen LogP contribution is 1.98. The zero-order valence-corrected chi connectivity index (χ0v) is 12.5. The lowest BCUT2D eigenvalue weighted by Crippen LogP contribution is -1.97. The van der Waals surface area contributed by atoms with Crippen LogP contribution in [0.2, 0.25) is 0 Å². The van der Waals surface area contributed by atoms with Crippen molar-refractivity contribution in [2.24, 2.45) is 0 Å². The maximum absolute atomic E-state index is 9.90. The quantitative estimate of drug-likeness (QED) is 0.222. The largest absolute Gasteiger partial charge is 0.481 e. The molecule has 8 N–H and O–H groups in total. The van der Waals surface area contributed by atoms with Crippen LogP contribution < -0.4 is 0 Å². The Kier molecular flexibility index (Phi) is 41.7. The third kappa shape index (κ3) is 77.4. The minimum Gasteiger partial charge on any atom is -0.481 e. The molecule has 0 radical (unpaired) electrons.